The van der Waals surface area contributed by atoms with Crippen LogP contribution in [0.5, 0.6) is 5.75 Å². The number of hydrogen-bond acceptors (Lipinski definition) is 3. The van der Waals surface area contributed by atoms with Gasteiger partial charge in [0.05, 0.1) is 12.7 Å². The zero-order valence-corrected chi connectivity index (χ0v) is 11.5. The molecule has 0 heterocycles. The minimum absolute atomic E-state index is 0.0357. The first-order valence-electron chi connectivity index (χ1n) is 6.37. The summed E-state index contributed by atoms with van der Waals surface area (Å²) in [4.78, 5) is 0. The number of nitrogens with one attached hydrogen (secondary N) is 1. The van der Waals surface area contributed by atoms with E-state index in [4.69, 9.17) is 4.74 Å². The molecule has 0 bridgehead atoms. The van der Waals surface area contributed by atoms with Gasteiger partial charge in [-0.25, -0.2) is 8.78 Å². The molecule has 0 aliphatic rings. The van der Waals surface area contributed by atoms with Crippen molar-refractivity contribution >= 4 is 0 Å². The summed E-state index contributed by atoms with van der Waals surface area (Å²) in [5.41, 5.74) is -0.472. The Bertz CT molecular complexity index is 394. The second kappa shape index (κ2) is 6.82. The minimum Gasteiger partial charge on any atom is -0.490 e. The molecular formula is C14H21F2NO2. The van der Waals surface area contributed by atoms with Crippen LogP contribution in [0.3, 0.4) is 0 Å². The predicted octanol–water partition coefficient (Wildman–Crippen LogP) is 2.48. The van der Waals surface area contributed by atoms with E-state index in [-0.39, 0.29) is 18.5 Å². The van der Waals surface area contributed by atoms with Crippen molar-refractivity contribution in [3.63, 3.8) is 0 Å². The van der Waals surface area contributed by atoms with Crippen molar-refractivity contribution in [3.05, 3.63) is 29.8 Å². The molecule has 5 heteroatoms. The summed E-state index contributed by atoms with van der Waals surface area (Å²) >= 11 is 0. The molecule has 0 aliphatic heterocycles. The Morgan fingerprint density at radius 1 is 1.32 bits per heavy atom. The normalized spacial score (nSPS) is 15.9. The summed E-state index contributed by atoms with van der Waals surface area (Å²) in [7, 11) is 0. The maximum absolute atomic E-state index is 13.0. The van der Waals surface area contributed by atoms with Gasteiger partial charge in [-0.3, -0.25) is 0 Å². The molecule has 0 radical (unpaired) electrons. The highest BCUT2D eigenvalue weighted by atomic mass is 19.1. The highest BCUT2D eigenvalue weighted by Gasteiger charge is 2.25. The Morgan fingerprint density at radius 2 is 1.89 bits per heavy atom. The third kappa shape index (κ3) is 5.12. The van der Waals surface area contributed by atoms with Gasteiger partial charge in [0.2, 0.25) is 0 Å². The quantitative estimate of drug-likeness (QED) is 0.802. The molecule has 2 N–H and O–H groups in total. The van der Waals surface area contributed by atoms with Crippen LogP contribution in [0, 0.1) is 11.6 Å². The lowest BCUT2D eigenvalue weighted by molar-refractivity contribution is 0.111. The first-order valence-corrected chi connectivity index (χ1v) is 6.37. The van der Waals surface area contributed by atoms with E-state index in [0.29, 0.717) is 6.42 Å². The summed E-state index contributed by atoms with van der Waals surface area (Å²) in [6.45, 7) is 6.31. The molecule has 0 aliphatic carbocycles. The molecule has 2 atom stereocenters. The molecule has 2 unspecified atom stereocenters. The van der Waals surface area contributed by atoms with E-state index in [1.54, 1.807) is 6.92 Å². The van der Waals surface area contributed by atoms with Gasteiger partial charge in [-0.05, 0) is 20.4 Å². The highest BCUT2D eigenvalue weighted by molar-refractivity contribution is 5.24. The van der Waals surface area contributed by atoms with Crippen LogP contribution in [0.15, 0.2) is 18.2 Å². The monoisotopic (exact) mass is 273 g/mol. The zero-order valence-electron chi connectivity index (χ0n) is 11.5. The Balaban J connectivity index is 2.66. The topological polar surface area (TPSA) is 41.5 Å². The lowest BCUT2D eigenvalue weighted by atomic mass is 9.95. The van der Waals surface area contributed by atoms with Crippen molar-refractivity contribution in [2.24, 2.45) is 0 Å². The van der Waals surface area contributed by atoms with E-state index in [0.717, 1.165) is 24.7 Å². The smallest absolute Gasteiger partial charge is 0.129 e. The van der Waals surface area contributed by atoms with E-state index >= 15 is 0 Å². The van der Waals surface area contributed by atoms with Crippen molar-refractivity contribution in [1.29, 1.82) is 0 Å². The lowest BCUT2D eigenvalue weighted by Crippen LogP contribution is -2.48. The Kier molecular flexibility index (Phi) is 5.69. The maximum Gasteiger partial charge on any atom is 0.129 e. The SMILES string of the molecule is CCNC(C)(CO)CC(C)Oc1cc(F)cc(F)c1. The number of aliphatic hydroxyl groups excluding tert-OH is 1. The number of rotatable bonds is 7. The molecule has 0 amide bonds. The summed E-state index contributed by atoms with van der Waals surface area (Å²) in [6.07, 6.45) is 0.243. The number of likely N-dealkylation sites (N-methyl/N-ethyl adjacent to an activating group) is 1. The maximum atomic E-state index is 13.0. The van der Waals surface area contributed by atoms with Gasteiger partial charge < -0.3 is 15.2 Å². The molecule has 19 heavy (non-hydrogen) atoms. The Hall–Kier alpha value is -1.20. The second-order valence-electron chi connectivity index (χ2n) is 4.99. The molecule has 0 saturated carbocycles. The first kappa shape index (κ1) is 15.9. The fourth-order valence-electron chi connectivity index (χ4n) is 2.12. The van der Waals surface area contributed by atoms with Gasteiger partial charge >= 0.3 is 0 Å². The van der Waals surface area contributed by atoms with Crippen LogP contribution < -0.4 is 10.1 Å². The van der Waals surface area contributed by atoms with Crippen LogP contribution in [0.4, 0.5) is 8.78 Å². The second-order valence-corrected chi connectivity index (χ2v) is 4.99. The van der Waals surface area contributed by atoms with Gasteiger partial charge in [-0.2, -0.15) is 0 Å². The van der Waals surface area contributed by atoms with E-state index < -0.39 is 17.2 Å². The van der Waals surface area contributed by atoms with Crippen LogP contribution in [-0.2, 0) is 0 Å². The number of halogens is 2. The number of ether oxygens (including phenoxy) is 1. The summed E-state index contributed by atoms with van der Waals surface area (Å²) in [5.74, 6) is -1.18. The molecule has 0 spiro atoms. The molecule has 1 rings (SSSR count). The van der Waals surface area contributed by atoms with Crippen molar-refractivity contribution in [3.8, 4) is 5.75 Å². The van der Waals surface area contributed by atoms with Gasteiger partial charge in [0.25, 0.3) is 0 Å². The number of aliphatic hydroxyl groups is 1. The lowest BCUT2D eigenvalue weighted by Gasteiger charge is -2.31. The molecule has 0 saturated heterocycles. The van der Waals surface area contributed by atoms with Crippen molar-refractivity contribution in [1.82, 2.24) is 5.32 Å². The van der Waals surface area contributed by atoms with Gasteiger partial charge in [0.1, 0.15) is 17.4 Å². The van der Waals surface area contributed by atoms with E-state index in [2.05, 4.69) is 5.32 Å². The van der Waals surface area contributed by atoms with Gasteiger partial charge in [-0.15, -0.1) is 0 Å². The number of hydrogen-bond donors (Lipinski definition) is 2. The summed E-state index contributed by atoms with van der Waals surface area (Å²) < 4.78 is 31.6. The molecule has 1 aromatic carbocycles. The predicted molar refractivity (Wildman–Crippen MR) is 70.2 cm³/mol. The first-order chi connectivity index (χ1) is 8.88. The zero-order chi connectivity index (χ0) is 14.5. The fourth-order valence-corrected chi connectivity index (χ4v) is 2.12. The van der Waals surface area contributed by atoms with Gasteiger partial charge in [-0.1, -0.05) is 6.92 Å². The van der Waals surface area contributed by atoms with Crippen LogP contribution in [0.1, 0.15) is 27.2 Å². The van der Waals surface area contributed by atoms with Gasteiger partial charge in [0, 0.05) is 30.2 Å². The van der Waals surface area contributed by atoms with Crippen molar-refractivity contribution in [2.75, 3.05) is 13.2 Å². The Labute approximate surface area is 112 Å². The molecule has 3 nitrogen and oxygen atoms in total. The van der Waals surface area contributed by atoms with E-state index in [1.807, 2.05) is 13.8 Å². The third-order valence-corrected chi connectivity index (χ3v) is 2.86. The minimum atomic E-state index is -0.668. The Morgan fingerprint density at radius 3 is 2.37 bits per heavy atom. The molecular weight excluding hydrogens is 252 g/mol. The van der Waals surface area contributed by atoms with Gasteiger partial charge in [0.15, 0.2) is 0 Å². The average molecular weight is 273 g/mol. The fraction of sp³-hybridized carbons (Fsp3) is 0.571. The third-order valence-electron chi connectivity index (χ3n) is 2.86. The standard InChI is InChI=1S/C14H21F2NO2/c1-4-17-14(3,9-18)8-10(2)19-13-6-11(15)5-12(16)7-13/h5-7,10,17-18H,4,8-9H2,1-3H3. The largest absolute Gasteiger partial charge is 0.490 e. The van der Waals surface area contributed by atoms with E-state index in [9.17, 15) is 13.9 Å². The van der Waals surface area contributed by atoms with Crippen molar-refractivity contribution in [2.45, 2.75) is 38.8 Å². The average Bonchev–Trinajstić information content (AvgIpc) is 2.27. The highest BCUT2D eigenvalue weighted by Crippen LogP contribution is 2.20. The summed E-state index contributed by atoms with van der Waals surface area (Å²) in [6, 6.07) is 3.08. The molecule has 0 fully saturated rings. The molecule has 1 aromatic rings. The molecule has 108 valence electrons. The van der Waals surface area contributed by atoms with Crippen LogP contribution >= 0.6 is 0 Å². The number of benzene rings is 1. The van der Waals surface area contributed by atoms with Crippen molar-refractivity contribution < 1.29 is 18.6 Å². The molecule has 0 aromatic heterocycles. The van der Waals surface area contributed by atoms with E-state index in [1.165, 1.54) is 0 Å². The van der Waals surface area contributed by atoms with Crippen LogP contribution in [-0.4, -0.2) is 29.9 Å². The van der Waals surface area contributed by atoms with Crippen LogP contribution in [0.25, 0.3) is 0 Å². The van der Waals surface area contributed by atoms with Crippen LogP contribution in [0.2, 0.25) is 0 Å². The summed E-state index contributed by atoms with van der Waals surface area (Å²) in [5, 5.41) is 12.6.